The Morgan fingerprint density at radius 1 is 1.41 bits per heavy atom. The number of carboxylic acids is 1. The lowest BCUT2D eigenvalue weighted by molar-refractivity contribution is -0.385. The highest BCUT2D eigenvalue weighted by molar-refractivity contribution is 5.85. The quantitative estimate of drug-likeness (QED) is 0.492. The van der Waals surface area contributed by atoms with Crippen molar-refractivity contribution in [2.24, 2.45) is 0 Å². The number of likely N-dealkylation sites (tertiary alicyclic amines) is 1. The highest BCUT2D eigenvalue weighted by Gasteiger charge is 2.23. The average molecular weight is 404 g/mol. The number of piperidine rings is 1. The van der Waals surface area contributed by atoms with Crippen molar-refractivity contribution in [1.29, 1.82) is 0 Å². The van der Waals surface area contributed by atoms with Gasteiger partial charge in [0.2, 0.25) is 0 Å². The van der Waals surface area contributed by atoms with E-state index in [4.69, 9.17) is 14.6 Å². The topological polar surface area (TPSA) is 105 Å². The highest BCUT2D eigenvalue weighted by Crippen LogP contribution is 2.31. The maximum atomic E-state index is 11.1. The van der Waals surface area contributed by atoms with E-state index in [0.717, 1.165) is 25.9 Å². The van der Waals surface area contributed by atoms with Gasteiger partial charge in [0.05, 0.1) is 24.6 Å². The molecular weight excluding hydrogens is 378 g/mol. The minimum Gasteiger partial charge on any atom is -0.496 e. The fraction of sp³-hybridized carbons (Fsp3) is 0.588. The van der Waals surface area contributed by atoms with E-state index in [1.54, 1.807) is 12.1 Å². The van der Waals surface area contributed by atoms with Crippen LogP contribution in [0.2, 0.25) is 0 Å². The molecule has 0 amide bonds. The fourth-order valence-electron chi connectivity index (χ4n) is 3.10. The summed E-state index contributed by atoms with van der Waals surface area (Å²) < 4.78 is 10.6. The van der Waals surface area contributed by atoms with Crippen LogP contribution < -0.4 is 9.47 Å². The van der Waals surface area contributed by atoms with Crippen molar-refractivity contribution in [3.8, 4) is 11.5 Å². The SMILES string of the molecule is COc1ccc(OCCN2CCC(N(C)CC(=O)O)CC2)c([N+](=O)[O-])c1.Cl. The minimum atomic E-state index is -0.815. The molecule has 10 heteroatoms. The van der Waals surface area contributed by atoms with E-state index in [1.165, 1.54) is 13.2 Å². The molecule has 1 aromatic carbocycles. The van der Waals surface area contributed by atoms with Crippen LogP contribution in [0.5, 0.6) is 11.5 Å². The number of rotatable bonds is 9. The Morgan fingerprint density at radius 3 is 2.63 bits per heavy atom. The van der Waals surface area contributed by atoms with Crippen LogP contribution in [0, 0.1) is 10.1 Å². The second-order valence-corrected chi connectivity index (χ2v) is 6.32. The molecule has 0 saturated carbocycles. The highest BCUT2D eigenvalue weighted by atomic mass is 35.5. The van der Waals surface area contributed by atoms with Gasteiger partial charge in [-0.05, 0) is 45.1 Å². The number of nitro groups is 1. The third kappa shape index (κ3) is 6.85. The summed E-state index contributed by atoms with van der Waals surface area (Å²) in [6.07, 6.45) is 1.79. The molecule has 1 fully saturated rings. The van der Waals surface area contributed by atoms with Crippen molar-refractivity contribution in [2.75, 3.05) is 46.9 Å². The second kappa shape index (κ2) is 10.9. The van der Waals surface area contributed by atoms with Gasteiger partial charge in [0.25, 0.3) is 0 Å². The van der Waals surface area contributed by atoms with Crippen LogP contribution in [0.15, 0.2) is 18.2 Å². The smallest absolute Gasteiger partial charge is 0.317 e. The largest absolute Gasteiger partial charge is 0.496 e. The summed E-state index contributed by atoms with van der Waals surface area (Å²) in [5.74, 6) is -0.173. The Kier molecular flexibility index (Phi) is 9.27. The zero-order chi connectivity index (χ0) is 19.1. The molecule has 1 aliphatic heterocycles. The monoisotopic (exact) mass is 403 g/mol. The Morgan fingerprint density at radius 2 is 2.07 bits per heavy atom. The minimum absolute atomic E-state index is 0. The van der Waals surface area contributed by atoms with Crippen LogP contribution in [-0.2, 0) is 4.79 Å². The zero-order valence-corrected chi connectivity index (χ0v) is 16.3. The van der Waals surface area contributed by atoms with Gasteiger partial charge in [-0.15, -0.1) is 12.4 Å². The average Bonchev–Trinajstić information content (AvgIpc) is 2.61. The number of hydrogen-bond acceptors (Lipinski definition) is 7. The molecule has 0 bridgehead atoms. The third-order valence-corrected chi connectivity index (χ3v) is 4.59. The first-order chi connectivity index (χ1) is 12.4. The van der Waals surface area contributed by atoms with Crippen molar-refractivity contribution in [3.05, 3.63) is 28.3 Å². The van der Waals surface area contributed by atoms with E-state index in [-0.39, 0.29) is 36.4 Å². The lowest BCUT2D eigenvalue weighted by Crippen LogP contribution is -2.45. The molecule has 27 heavy (non-hydrogen) atoms. The molecule has 0 aromatic heterocycles. The van der Waals surface area contributed by atoms with Gasteiger partial charge in [-0.1, -0.05) is 0 Å². The molecular formula is C17H26ClN3O6. The number of hydrogen-bond donors (Lipinski definition) is 1. The van der Waals surface area contributed by atoms with Gasteiger partial charge < -0.3 is 14.6 Å². The summed E-state index contributed by atoms with van der Waals surface area (Å²) in [6, 6.07) is 4.79. The van der Waals surface area contributed by atoms with Crippen molar-refractivity contribution in [3.63, 3.8) is 0 Å². The number of nitro benzene ring substituents is 1. The van der Waals surface area contributed by atoms with Crippen LogP contribution in [0.4, 0.5) is 5.69 Å². The molecule has 0 radical (unpaired) electrons. The van der Waals surface area contributed by atoms with Crippen LogP contribution in [0.1, 0.15) is 12.8 Å². The molecule has 0 atom stereocenters. The number of likely N-dealkylation sites (N-methyl/N-ethyl adjacent to an activating group) is 1. The first kappa shape index (κ1) is 22.9. The zero-order valence-electron chi connectivity index (χ0n) is 15.5. The first-order valence-electron chi connectivity index (χ1n) is 8.50. The second-order valence-electron chi connectivity index (χ2n) is 6.32. The molecule has 9 nitrogen and oxygen atoms in total. The van der Waals surface area contributed by atoms with Crippen LogP contribution in [-0.4, -0.2) is 78.8 Å². The number of ether oxygens (including phenoxy) is 2. The van der Waals surface area contributed by atoms with Crippen molar-refractivity contribution in [2.45, 2.75) is 18.9 Å². The van der Waals surface area contributed by atoms with Crippen LogP contribution >= 0.6 is 12.4 Å². The normalized spacial score (nSPS) is 15.2. The van der Waals surface area contributed by atoms with E-state index in [9.17, 15) is 14.9 Å². The number of methoxy groups -OCH3 is 1. The molecule has 1 saturated heterocycles. The van der Waals surface area contributed by atoms with Gasteiger partial charge in [0.15, 0.2) is 5.75 Å². The van der Waals surface area contributed by atoms with E-state index < -0.39 is 10.9 Å². The number of carboxylic acid groups (broad SMARTS) is 1. The number of aliphatic carboxylic acids is 1. The summed E-state index contributed by atoms with van der Waals surface area (Å²) in [6.45, 7) is 2.77. The predicted octanol–water partition coefficient (Wildman–Crippen LogP) is 1.88. The molecule has 0 unspecified atom stereocenters. The van der Waals surface area contributed by atoms with E-state index in [1.807, 2.05) is 11.9 Å². The third-order valence-electron chi connectivity index (χ3n) is 4.59. The fourth-order valence-corrected chi connectivity index (χ4v) is 3.10. The first-order valence-corrected chi connectivity index (χ1v) is 8.50. The van der Waals surface area contributed by atoms with Gasteiger partial charge in [-0.25, -0.2) is 0 Å². The molecule has 1 aliphatic rings. The molecule has 1 aromatic rings. The van der Waals surface area contributed by atoms with E-state index in [0.29, 0.717) is 18.9 Å². The number of halogens is 1. The van der Waals surface area contributed by atoms with Gasteiger partial charge in [0, 0.05) is 12.6 Å². The maximum Gasteiger partial charge on any atom is 0.317 e. The summed E-state index contributed by atoms with van der Waals surface area (Å²) >= 11 is 0. The molecule has 0 aliphatic carbocycles. The molecule has 1 N–H and O–H groups in total. The summed E-state index contributed by atoms with van der Waals surface area (Å²) in [5.41, 5.74) is -0.113. The number of nitrogens with zero attached hydrogens (tertiary/aromatic N) is 3. The lowest BCUT2D eigenvalue weighted by Gasteiger charge is -2.36. The van der Waals surface area contributed by atoms with Gasteiger partial charge in [-0.2, -0.15) is 0 Å². The Balaban J connectivity index is 0.00000364. The van der Waals surface area contributed by atoms with Crippen molar-refractivity contribution < 1.29 is 24.3 Å². The maximum absolute atomic E-state index is 11.1. The van der Waals surface area contributed by atoms with Crippen LogP contribution in [0.25, 0.3) is 0 Å². The summed E-state index contributed by atoms with van der Waals surface area (Å²) in [4.78, 5) is 25.5. The standard InChI is InChI=1S/C17H25N3O6.ClH/c1-18(12-17(21)22)13-5-7-19(8-6-13)9-10-26-16-4-3-14(25-2)11-15(16)20(23)24;/h3-4,11,13H,5-10,12H2,1-2H3,(H,21,22);1H. The van der Waals surface area contributed by atoms with E-state index >= 15 is 0 Å². The summed E-state index contributed by atoms with van der Waals surface area (Å²) in [5, 5.41) is 20.0. The predicted molar refractivity (Wildman–Crippen MR) is 102 cm³/mol. The van der Waals surface area contributed by atoms with Gasteiger partial charge in [0.1, 0.15) is 12.4 Å². The Labute approximate surface area is 164 Å². The molecule has 2 rings (SSSR count). The molecule has 0 spiro atoms. The van der Waals surface area contributed by atoms with Crippen molar-refractivity contribution in [1.82, 2.24) is 9.80 Å². The lowest BCUT2D eigenvalue weighted by atomic mass is 10.0. The van der Waals surface area contributed by atoms with Gasteiger partial charge in [-0.3, -0.25) is 24.7 Å². The number of carbonyl (C=O) groups is 1. The van der Waals surface area contributed by atoms with Gasteiger partial charge >= 0.3 is 11.7 Å². The summed E-state index contributed by atoms with van der Waals surface area (Å²) in [7, 11) is 3.29. The molecule has 152 valence electrons. The van der Waals surface area contributed by atoms with E-state index in [2.05, 4.69) is 4.90 Å². The molecule has 1 heterocycles. The van der Waals surface area contributed by atoms with Crippen molar-refractivity contribution >= 4 is 24.1 Å². The number of benzene rings is 1. The van der Waals surface area contributed by atoms with Crippen LogP contribution in [0.3, 0.4) is 0 Å². The Bertz CT molecular complexity index is 637. The Hall–Kier alpha value is -2.10.